The van der Waals surface area contributed by atoms with Crippen LogP contribution >= 0.6 is 0 Å². The van der Waals surface area contributed by atoms with E-state index in [1.165, 1.54) is 6.33 Å². The van der Waals surface area contributed by atoms with E-state index in [0.29, 0.717) is 18.5 Å². The molecule has 1 aromatic carbocycles. The Bertz CT molecular complexity index is 786. The minimum Gasteiger partial charge on any atom is -0.352 e. The lowest BCUT2D eigenvalue weighted by atomic mass is 10.1. The minimum absolute atomic E-state index is 0.0692. The molecule has 1 N–H and O–H groups in total. The largest absolute Gasteiger partial charge is 0.352 e. The molecule has 1 amide bonds. The Morgan fingerprint density at radius 1 is 1.29 bits per heavy atom. The van der Waals surface area contributed by atoms with Gasteiger partial charge in [-0.2, -0.15) is 5.10 Å². The first kappa shape index (κ1) is 13.4. The second-order valence-electron chi connectivity index (χ2n) is 5.01. The number of hydrogen-bond acceptors (Lipinski definition) is 3. The molecule has 0 atom stereocenters. The molecule has 3 rings (SSSR count). The number of amides is 1. The van der Waals surface area contributed by atoms with Crippen LogP contribution in [0.3, 0.4) is 0 Å². The van der Waals surface area contributed by atoms with Gasteiger partial charge in [0.1, 0.15) is 12.2 Å². The van der Waals surface area contributed by atoms with Gasteiger partial charge < -0.3 is 9.88 Å². The van der Waals surface area contributed by atoms with E-state index < -0.39 is 0 Å². The lowest BCUT2D eigenvalue weighted by Gasteiger charge is -2.06. The molecular formula is C15H17N5O. The van der Waals surface area contributed by atoms with Crippen molar-refractivity contribution >= 4 is 16.8 Å². The summed E-state index contributed by atoms with van der Waals surface area (Å²) >= 11 is 0. The van der Waals surface area contributed by atoms with Gasteiger partial charge in [-0.05, 0) is 23.6 Å². The number of nitrogens with one attached hydrogen (secondary N) is 1. The van der Waals surface area contributed by atoms with Crippen LogP contribution in [0.5, 0.6) is 0 Å². The Balaban J connectivity index is 1.66. The number of nitrogens with zero attached hydrogens (tertiary/aromatic N) is 4. The van der Waals surface area contributed by atoms with Crippen LogP contribution in [0.25, 0.3) is 10.9 Å². The van der Waals surface area contributed by atoms with Gasteiger partial charge in [-0.25, -0.2) is 4.98 Å². The Morgan fingerprint density at radius 2 is 2.14 bits per heavy atom. The molecule has 0 saturated heterocycles. The number of hydrogen-bond donors (Lipinski definition) is 1. The zero-order valence-corrected chi connectivity index (χ0v) is 12.1. The predicted molar refractivity (Wildman–Crippen MR) is 80.0 cm³/mol. The van der Waals surface area contributed by atoms with Crippen LogP contribution < -0.4 is 5.32 Å². The van der Waals surface area contributed by atoms with Crippen molar-refractivity contribution in [3.05, 3.63) is 48.2 Å². The molecule has 0 aliphatic heterocycles. The van der Waals surface area contributed by atoms with Crippen molar-refractivity contribution in [3.8, 4) is 0 Å². The first-order valence-electron chi connectivity index (χ1n) is 6.81. The van der Waals surface area contributed by atoms with E-state index >= 15 is 0 Å². The Kier molecular flexibility index (Phi) is 3.43. The summed E-state index contributed by atoms with van der Waals surface area (Å²) in [6, 6.07) is 7.75. The third-order valence-electron chi connectivity index (χ3n) is 3.59. The van der Waals surface area contributed by atoms with Crippen LogP contribution in [-0.4, -0.2) is 31.8 Å². The summed E-state index contributed by atoms with van der Waals surface area (Å²) in [6.07, 6.45) is 4.16. The lowest BCUT2D eigenvalue weighted by Crippen LogP contribution is -2.26. The monoisotopic (exact) mass is 283 g/mol. The number of carbonyl (C=O) groups is 1. The van der Waals surface area contributed by atoms with E-state index in [0.717, 1.165) is 16.7 Å². The van der Waals surface area contributed by atoms with Gasteiger partial charge in [0.05, 0.1) is 0 Å². The molecule has 0 bridgehead atoms. The van der Waals surface area contributed by atoms with Gasteiger partial charge >= 0.3 is 0 Å². The van der Waals surface area contributed by atoms with Crippen molar-refractivity contribution in [2.24, 2.45) is 14.1 Å². The summed E-state index contributed by atoms with van der Waals surface area (Å²) in [5.41, 5.74) is 1.72. The molecule has 2 aromatic heterocycles. The number of aromatic nitrogens is 4. The van der Waals surface area contributed by atoms with Gasteiger partial charge in [0.2, 0.25) is 0 Å². The summed E-state index contributed by atoms with van der Waals surface area (Å²) < 4.78 is 3.72. The van der Waals surface area contributed by atoms with Crippen molar-refractivity contribution < 1.29 is 4.79 Å². The SMILES string of the molecule is Cn1ncnc1CCNC(=O)c1ccc2ccn(C)c2c1. The summed E-state index contributed by atoms with van der Waals surface area (Å²) in [6.45, 7) is 0.538. The second kappa shape index (κ2) is 5.40. The Hall–Kier alpha value is -2.63. The topological polar surface area (TPSA) is 64.7 Å². The quantitative estimate of drug-likeness (QED) is 0.784. The highest BCUT2D eigenvalue weighted by atomic mass is 16.1. The highest BCUT2D eigenvalue weighted by Gasteiger charge is 2.08. The molecule has 108 valence electrons. The summed E-state index contributed by atoms with van der Waals surface area (Å²) in [7, 11) is 3.81. The number of carbonyl (C=O) groups excluding carboxylic acids is 1. The third-order valence-corrected chi connectivity index (χ3v) is 3.59. The van der Waals surface area contributed by atoms with E-state index in [1.54, 1.807) is 4.68 Å². The van der Waals surface area contributed by atoms with Crippen LogP contribution in [0.15, 0.2) is 36.8 Å². The van der Waals surface area contributed by atoms with Crippen molar-refractivity contribution in [1.82, 2.24) is 24.6 Å². The molecule has 6 nitrogen and oxygen atoms in total. The first-order chi connectivity index (χ1) is 10.1. The van der Waals surface area contributed by atoms with Gasteiger partial charge in [-0.15, -0.1) is 0 Å². The molecule has 0 radical (unpaired) electrons. The fourth-order valence-corrected chi connectivity index (χ4v) is 2.34. The van der Waals surface area contributed by atoms with E-state index in [4.69, 9.17) is 0 Å². The van der Waals surface area contributed by atoms with Gasteiger partial charge in [-0.3, -0.25) is 9.48 Å². The fraction of sp³-hybridized carbons (Fsp3) is 0.267. The van der Waals surface area contributed by atoms with Crippen molar-refractivity contribution in [3.63, 3.8) is 0 Å². The molecule has 0 aliphatic rings. The molecular weight excluding hydrogens is 266 g/mol. The molecule has 0 unspecified atom stereocenters. The van der Waals surface area contributed by atoms with Gasteiger partial charge in [0.25, 0.3) is 5.91 Å². The predicted octanol–water partition coefficient (Wildman–Crippen LogP) is 1.28. The summed E-state index contributed by atoms with van der Waals surface area (Å²) in [5.74, 6) is 0.786. The van der Waals surface area contributed by atoms with Gasteiger partial charge in [0.15, 0.2) is 0 Å². The number of aryl methyl sites for hydroxylation is 2. The molecule has 6 heteroatoms. The van der Waals surface area contributed by atoms with Crippen LogP contribution in [0.2, 0.25) is 0 Å². The van der Waals surface area contributed by atoms with Crippen LogP contribution in [0.1, 0.15) is 16.2 Å². The van der Waals surface area contributed by atoms with Gasteiger partial charge in [-0.1, -0.05) is 6.07 Å². The Labute approximate surface area is 122 Å². The summed E-state index contributed by atoms with van der Waals surface area (Å²) in [4.78, 5) is 16.3. The third kappa shape index (κ3) is 2.65. The number of benzene rings is 1. The molecule has 21 heavy (non-hydrogen) atoms. The van der Waals surface area contributed by atoms with Crippen molar-refractivity contribution in [1.29, 1.82) is 0 Å². The first-order valence-corrected chi connectivity index (χ1v) is 6.81. The van der Waals surface area contributed by atoms with Crippen LogP contribution in [0, 0.1) is 0 Å². The standard InChI is InChI=1S/C15H17N5O/c1-19-8-6-11-3-4-12(9-13(11)19)15(21)16-7-5-14-17-10-18-20(14)2/h3-4,6,8-10H,5,7H2,1-2H3,(H,16,21). The molecule has 0 fully saturated rings. The summed E-state index contributed by atoms with van der Waals surface area (Å²) in [5, 5.41) is 8.04. The molecule has 0 spiro atoms. The minimum atomic E-state index is -0.0692. The average molecular weight is 283 g/mol. The smallest absolute Gasteiger partial charge is 0.251 e. The van der Waals surface area contributed by atoms with E-state index in [1.807, 2.05) is 49.1 Å². The average Bonchev–Trinajstić information content (AvgIpc) is 3.05. The van der Waals surface area contributed by atoms with Crippen LogP contribution in [0.4, 0.5) is 0 Å². The zero-order valence-electron chi connectivity index (χ0n) is 12.1. The second-order valence-corrected chi connectivity index (χ2v) is 5.01. The number of rotatable bonds is 4. The van der Waals surface area contributed by atoms with E-state index in [9.17, 15) is 4.79 Å². The zero-order chi connectivity index (χ0) is 14.8. The van der Waals surface area contributed by atoms with Gasteiger partial charge in [0, 0.05) is 44.3 Å². The number of fused-ring (bicyclic) bond motifs is 1. The lowest BCUT2D eigenvalue weighted by molar-refractivity contribution is 0.0954. The highest BCUT2D eigenvalue weighted by molar-refractivity contribution is 5.98. The van der Waals surface area contributed by atoms with Crippen LogP contribution in [-0.2, 0) is 20.5 Å². The molecule has 3 aromatic rings. The maximum Gasteiger partial charge on any atom is 0.251 e. The van der Waals surface area contributed by atoms with E-state index in [2.05, 4.69) is 15.4 Å². The molecule has 0 saturated carbocycles. The fourth-order valence-electron chi connectivity index (χ4n) is 2.34. The van der Waals surface area contributed by atoms with Crippen molar-refractivity contribution in [2.75, 3.05) is 6.54 Å². The Morgan fingerprint density at radius 3 is 2.90 bits per heavy atom. The molecule has 2 heterocycles. The molecule has 0 aliphatic carbocycles. The highest BCUT2D eigenvalue weighted by Crippen LogP contribution is 2.16. The maximum absolute atomic E-state index is 12.2. The van der Waals surface area contributed by atoms with E-state index in [-0.39, 0.29) is 5.91 Å². The normalized spacial score (nSPS) is 11.0. The maximum atomic E-state index is 12.2. The van der Waals surface area contributed by atoms with Crippen molar-refractivity contribution in [2.45, 2.75) is 6.42 Å².